The van der Waals surface area contributed by atoms with E-state index in [1.54, 1.807) is 4.90 Å². The van der Waals surface area contributed by atoms with Crippen molar-refractivity contribution < 1.29 is 26.7 Å². The Balaban J connectivity index is 1.79. The van der Waals surface area contributed by atoms with Crippen molar-refractivity contribution in [1.29, 1.82) is 0 Å². The van der Waals surface area contributed by atoms with Gasteiger partial charge in [-0.2, -0.15) is 8.79 Å². The van der Waals surface area contributed by atoms with Crippen molar-refractivity contribution in [3.63, 3.8) is 0 Å². The SMILES string of the molecule is NC1CCN(c2cc3oc4c(n5c6c(cc(c2F)c3-5)C(F)=NS=6F)CCC(=O)C4=O)C1. The van der Waals surface area contributed by atoms with Gasteiger partial charge >= 0.3 is 0 Å². The molecule has 11 heteroatoms. The summed E-state index contributed by atoms with van der Waals surface area (Å²) in [7, 11) is 0. The smallest absolute Gasteiger partial charge is 0.265 e. The lowest BCUT2D eigenvalue weighted by Gasteiger charge is -2.27. The van der Waals surface area contributed by atoms with Gasteiger partial charge in [0.25, 0.3) is 5.78 Å². The van der Waals surface area contributed by atoms with Gasteiger partial charge in [0.15, 0.2) is 17.2 Å². The Morgan fingerprint density at radius 3 is 2.77 bits per heavy atom. The Labute approximate surface area is 175 Å². The summed E-state index contributed by atoms with van der Waals surface area (Å²) < 4.78 is 55.3. The van der Waals surface area contributed by atoms with Gasteiger partial charge < -0.3 is 15.1 Å². The minimum Gasteiger partial charge on any atom is -0.449 e. The molecule has 7 nitrogen and oxygen atoms in total. The summed E-state index contributed by atoms with van der Waals surface area (Å²) in [6.45, 7) is 0.936. The molecular weight excluding hydrogens is 433 g/mol. The molecule has 1 saturated heterocycles. The highest BCUT2D eigenvalue weighted by molar-refractivity contribution is 8.03. The number of carbonyl (C=O) groups is 2. The molecule has 2 unspecified atom stereocenters. The van der Waals surface area contributed by atoms with Crippen molar-refractivity contribution >= 4 is 45.2 Å². The average Bonchev–Trinajstić information content (AvgIpc) is 3.30. The molecule has 2 atom stereocenters. The fraction of sp³-hybridized carbons (Fsp3) is 0.300. The van der Waals surface area contributed by atoms with Crippen LogP contribution >= 0.6 is 11.1 Å². The summed E-state index contributed by atoms with van der Waals surface area (Å²) in [4.78, 5) is 26.3. The predicted molar refractivity (Wildman–Crippen MR) is 109 cm³/mol. The molecule has 4 aliphatic heterocycles. The lowest BCUT2D eigenvalue weighted by Crippen LogP contribution is -2.28. The summed E-state index contributed by atoms with van der Waals surface area (Å²) in [5.41, 5.74) is 6.48. The second kappa shape index (κ2) is 6.30. The van der Waals surface area contributed by atoms with Gasteiger partial charge in [-0.3, -0.25) is 14.2 Å². The number of nitrogens with zero attached hydrogens (tertiary/aromatic N) is 3. The molecule has 0 spiro atoms. The maximum absolute atomic E-state index is 15.7. The minimum atomic E-state index is -2.33. The number of halogens is 3. The summed E-state index contributed by atoms with van der Waals surface area (Å²) >= 11 is -2.33. The first-order valence-corrected chi connectivity index (χ1v) is 10.8. The van der Waals surface area contributed by atoms with Crippen LogP contribution in [0.5, 0.6) is 0 Å². The molecule has 1 aliphatic carbocycles. The first kappa shape index (κ1) is 18.8. The topological polar surface area (TPSA) is 93.8 Å². The number of hydrogen-bond donors (Lipinski definition) is 1. The van der Waals surface area contributed by atoms with E-state index in [1.807, 2.05) is 0 Å². The van der Waals surface area contributed by atoms with Crippen molar-refractivity contribution in [3.05, 3.63) is 39.6 Å². The first-order chi connectivity index (χ1) is 14.8. The van der Waals surface area contributed by atoms with Crippen LogP contribution in [0.3, 0.4) is 0 Å². The van der Waals surface area contributed by atoms with E-state index < -0.39 is 34.4 Å². The standard InChI is InChI=1S/C20H15F3N4O3S/c21-15-9-5-10-19(22)25-31(23)20(10)27-11-1-2-13(28)17(29)18(11)30-14(16(9)27)6-12(15)26-4-3-8(24)7-26/h5-6,8H,1-4,7,24H2. The van der Waals surface area contributed by atoms with Crippen LogP contribution in [0.15, 0.2) is 20.9 Å². The summed E-state index contributed by atoms with van der Waals surface area (Å²) in [5.74, 6) is -3.34. The molecule has 0 aromatic heterocycles. The number of aromatic nitrogens is 1. The highest BCUT2D eigenvalue weighted by atomic mass is 32.2. The third kappa shape index (κ3) is 2.47. The number of pyridine rings is 1. The number of anilines is 1. The normalized spacial score (nSPS) is 23.1. The van der Waals surface area contributed by atoms with Gasteiger partial charge in [-0.25, -0.2) is 4.39 Å². The molecule has 160 valence electrons. The van der Waals surface area contributed by atoms with Crippen LogP contribution < -0.4 is 10.6 Å². The summed E-state index contributed by atoms with van der Waals surface area (Å²) in [5, 5.41) is 0.0203. The monoisotopic (exact) mass is 448 g/mol. The molecule has 31 heavy (non-hydrogen) atoms. The van der Waals surface area contributed by atoms with E-state index in [9.17, 15) is 17.9 Å². The first-order valence-electron chi connectivity index (χ1n) is 9.75. The fourth-order valence-corrected chi connectivity index (χ4v) is 5.62. The Morgan fingerprint density at radius 1 is 1.23 bits per heavy atom. The molecule has 0 bridgehead atoms. The molecule has 1 fully saturated rings. The van der Waals surface area contributed by atoms with Crippen LogP contribution in [0.1, 0.15) is 34.7 Å². The van der Waals surface area contributed by atoms with Crippen LogP contribution in [-0.4, -0.2) is 41.2 Å². The zero-order valence-electron chi connectivity index (χ0n) is 16.0. The van der Waals surface area contributed by atoms with E-state index >= 15 is 4.39 Å². The third-order valence-corrected chi connectivity index (χ3v) is 7.11. The number of benzene rings is 1. The second-order valence-electron chi connectivity index (χ2n) is 7.91. The number of carbonyl (C=O) groups excluding carboxylic acids is 2. The lowest BCUT2D eigenvalue weighted by atomic mass is 9.97. The Bertz CT molecular complexity index is 1420. The van der Waals surface area contributed by atoms with Crippen LogP contribution in [-0.2, 0) is 11.2 Å². The van der Waals surface area contributed by atoms with Gasteiger partial charge in [-0.15, -0.1) is 3.89 Å². The molecular formula is C20H15F3N4O3S. The molecule has 4 heterocycles. The lowest BCUT2D eigenvalue weighted by molar-refractivity contribution is -0.115. The summed E-state index contributed by atoms with van der Waals surface area (Å²) in [6, 6.07) is 2.54. The molecule has 0 amide bonds. The summed E-state index contributed by atoms with van der Waals surface area (Å²) in [6.07, 6.45) is 0.662. The van der Waals surface area contributed by atoms with Gasteiger partial charge in [-0.05, 0) is 18.9 Å². The maximum Gasteiger partial charge on any atom is 0.265 e. The molecule has 0 radical (unpaired) electrons. The highest BCUT2D eigenvalue weighted by Crippen LogP contribution is 2.43. The van der Waals surface area contributed by atoms with Crippen molar-refractivity contribution in [2.45, 2.75) is 25.3 Å². The number of ketones is 2. The van der Waals surface area contributed by atoms with Crippen molar-refractivity contribution in [2.24, 2.45) is 10.1 Å². The van der Waals surface area contributed by atoms with Crippen molar-refractivity contribution in [3.8, 4) is 5.69 Å². The highest BCUT2D eigenvalue weighted by Gasteiger charge is 2.36. The van der Waals surface area contributed by atoms with E-state index in [-0.39, 0.29) is 62.9 Å². The average molecular weight is 448 g/mol. The van der Waals surface area contributed by atoms with Crippen LogP contribution in [0.25, 0.3) is 16.7 Å². The van der Waals surface area contributed by atoms with Gasteiger partial charge in [0.2, 0.25) is 11.7 Å². The molecule has 6 rings (SSSR count). The third-order valence-electron chi connectivity index (χ3n) is 6.06. The van der Waals surface area contributed by atoms with E-state index in [2.05, 4.69) is 4.40 Å². The maximum atomic E-state index is 15.7. The molecule has 5 aliphatic rings. The quantitative estimate of drug-likeness (QED) is 0.455. The Morgan fingerprint density at radius 2 is 2.03 bits per heavy atom. The van der Waals surface area contributed by atoms with E-state index in [0.717, 1.165) is 0 Å². The fourth-order valence-electron chi connectivity index (χ4n) is 4.61. The van der Waals surface area contributed by atoms with Gasteiger partial charge in [0.1, 0.15) is 15.7 Å². The number of rotatable bonds is 1. The van der Waals surface area contributed by atoms with E-state index in [1.165, 1.54) is 16.7 Å². The Hall–Kier alpha value is -2.92. The number of fused-ring (bicyclic) bond motifs is 4. The zero-order chi connectivity index (χ0) is 21.6. The number of Topliss-reactive ketones (excluding diaryl/α,β-unsaturated/α-hetero) is 2. The molecule has 0 saturated carbocycles. The molecule has 1 aromatic rings. The largest absolute Gasteiger partial charge is 0.449 e. The van der Waals surface area contributed by atoms with Crippen LogP contribution in [0, 0.1) is 10.5 Å². The second-order valence-corrected chi connectivity index (χ2v) is 8.96. The van der Waals surface area contributed by atoms with Gasteiger partial charge in [0, 0.05) is 37.0 Å². The predicted octanol–water partition coefficient (Wildman–Crippen LogP) is 3.37. The van der Waals surface area contributed by atoms with E-state index in [4.69, 9.17) is 10.2 Å². The number of hydrogen-bond acceptors (Lipinski definition) is 6. The Kier molecular flexibility index (Phi) is 3.82. The minimum absolute atomic E-state index is 0.0203. The number of nitrogens with two attached hydrogens (primary N) is 1. The van der Waals surface area contributed by atoms with Crippen LogP contribution in [0.2, 0.25) is 0 Å². The zero-order valence-corrected chi connectivity index (χ0v) is 16.8. The molecule has 2 N–H and O–H groups in total. The van der Waals surface area contributed by atoms with E-state index in [0.29, 0.717) is 19.5 Å². The molecule has 1 aromatic carbocycles. The van der Waals surface area contributed by atoms with Gasteiger partial charge in [0.05, 0.1) is 22.6 Å². The van der Waals surface area contributed by atoms with Crippen molar-refractivity contribution in [1.82, 2.24) is 4.57 Å². The van der Waals surface area contributed by atoms with Gasteiger partial charge in [-0.1, -0.05) is 0 Å². The van der Waals surface area contributed by atoms with Crippen molar-refractivity contribution in [2.75, 3.05) is 18.0 Å². The van der Waals surface area contributed by atoms with Crippen LogP contribution in [0.4, 0.5) is 18.4 Å².